The van der Waals surface area contributed by atoms with E-state index in [9.17, 15) is 9.59 Å². The van der Waals surface area contributed by atoms with E-state index >= 15 is 0 Å². The van der Waals surface area contributed by atoms with Gasteiger partial charge >= 0.3 is 0 Å². The quantitative estimate of drug-likeness (QED) is 0.559. The van der Waals surface area contributed by atoms with E-state index in [2.05, 4.69) is 29.4 Å². The maximum atomic E-state index is 13.3. The van der Waals surface area contributed by atoms with E-state index in [-0.39, 0.29) is 30.4 Å². The van der Waals surface area contributed by atoms with Gasteiger partial charge in [0.1, 0.15) is 6.54 Å². The summed E-state index contributed by atoms with van der Waals surface area (Å²) in [5.41, 5.74) is 1.90. The van der Waals surface area contributed by atoms with Gasteiger partial charge in [-0.2, -0.15) is 0 Å². The van der Waals surface area contributed by atoms with Crippen LogP contribution in [0.5, 0.6) is 0 Å². The Morgan fingerprint density at radius 2 is 1.70 bits per heavy atom. The first-order chi connectivity index (χ1) is 16.0. The molecule has 2 aromatic heterocycles. The summed E-state index contributed by atoms with van der Waals surface area (Å²) >= 11 is 1.39. The van der Waals surface area contributed by atoms with Gasteiger partial charge in [-0.3, -0.25) is 18.6 Å². The molecule has 1 saturated carbocycles. The molecule has 1 saturated heterocycles. The zero-order chi connectivity index (χ0) is 22.9. The highest BCUT2D eigenvalue weighted by Gasteiger charge is 2.30. The number of carbonyl (C=O) groups is 2. The lowest BCUT2D eigenvalue weighted by atomic mass is 9.97. The molecule has 2 atom stereocenters. The fourth-order valence-corrected chi connectivity index (χ4v) is 6.24. The van der Waals surface area contributed by atoms with E-state index in [1.165, 1.54) is 31.0 Å². The molecule has 3 aromatic rings. The van der Waals surface area contributed by atoms with Gasteiger partial charge in [-0.1, -0.05) is 36.7 Å². The van der Waals surface area contributed by atoms with Crippen LogP contribution < -0.4 is 5.32 Å². The molecule has 0 unspecified atom stereocenters. The normalized spacial score (nSPS) is 21.8. The van der Waals surface area contributed by atoms with E-state index in [1.807, 2.05) is 38.1 Å². The molecule has 0 bridgehead atoms. The van der Waals surface area contributed by atoms with Gasteiger partial charge in [-0.25, -0.2) is 0 Å². The molecule has 8 nitrogen and oxygen atoms in total. The van der Waals surface area contributed by atoms with Crippen molar-refractivity contribution in [2.75, 3.05) is 5.75 Å². The molecule has 1 aromatic carbocycles. The summed E-state index contributed by atoms with van der Waals surface area (Å²) in [6, 6.07) is 8.80. The second-order valence-corrected chi connectivity index (χ2v) is 10.4. The summed E-state index contributed by atoms with van der Waals surface area (Å²) in [5.74, 6) is 1.10. The van der Waals surface area contributed by atoms with E-state index in [0.29, 0.717) is 22.7 Å². The molecule has 1 aliphatic carbocycles. The van der Waals surface area contributed by atoms with Gasteiger partial charge in [0.25, 0.3) is 0 Å². The first-order valence-electron chi connectivity index (χ1n) is 12.1. The molecule has 33 heavy (non-hydrogen) atoms. The number of para-hydroxylation sites is 2. The Kier molecular flexibility index (Phi) is 6.32. The average molecular weight is 469 g/mol. The maximum absolute atomic E-state index is 13.3. The van der Waals surface area contributed by atoms with Crippen molar-refractivity contribution in [3.63, 3.8) is 0 Å². The molecule has 2 fully saturated rings. The number of piperidine rings is 1. The molecule has 3 heterocycles. The summed E-state index contributed by atoms with van der Waals surface area (Å²) in [4.78, 5) is 27.8. The number of nitrogens with zero attached hydrogens (tertiary/aromatic N) is 5. The van der Waals surface area contributed by atoms with Gasteiger partial charge in [0.15, 0.2) is 5.16 Å². The Labute approximate surface area is 198 Å². The number of carbonyl (C=O) groups excluding carboxylic acids is 2. The minimum atomic E-state index is 0.0376. The van der Waals surface area contributed by atoms with Crippen LogP contribution in [-0.2, 0) is 16.1 Å². The smallest absolute Gasteiger partial charge is 0.243 e. The van der Waals surface area contributed by atoms with Gasteiger partial charge < -0.3 is 10.2 Å². The first-order valence-corrected chi connectivity index (χ1v) is 13.1. The topological polar surface area (TPSA) is 84.5 Å². The summed E-state index contributed by atoms with van der Waals surface area (Å²) in [7, 11) is 0. The predicted octanol–water partition coefficient (Wildman–Crippen LogP) is 3.62. The van der Waals surface area contributed by atoms with Crippen molar-refractivity contribution in [2.24, 2.45) is 0 Å². The summed E-state index contributed by atoms with van der Waals surface area (Å²) < 4.78 is 3.93. The Morgan fingerprint density at radius 1 is 1.00 bits per heavy atom. The zero-order valence-corrected chi connectivity index (χ0v) is 20.2. The number of amides is 2. The lowest BCUT2D eigenvalue weighted by Crippen LogP contribution is -2.48. The van der Waals surface area contributed by atoms with Crippen molar-refractivity contribution in [1.29, 1.82) is 0 Å². The van der Waals surface area contributed by atoms with Crippen molar-refractivity contribution in [2.45, 2.75) is 88.6 Å². The number of aromatic nitrogens is 4. The SMILES string of the molecule is C[C@@H]1CCC[C@@H](C)N1C(=O)Cn1c2ccccc2n2c(SCC(=O)NC3CCCC3)nnc12. The van der Waals surface area contributed by atoms with Gasteiger partial charge in [0, 0.05) is 18.1 Å². The Bertz CT molecular complexity index is 1150. The zero-order valence-electron chi connectivity index (χ0n) is 19.4. The number of fused-ring (bicyclic) bond motifs is 3. The van der Waals surface area contributed by atoms with Crippen LogP contribution in [-0.4, -0.2) is 59.8 Å². The molecule has 0 spiro atoms. The van der Waals surface area contributed by atoms with Crippen LogP contribution in [0.3, 0.4) is 0 Å². The van der Waals surface area contributed by atoms with E-state index in [1.54, 1.807) is 0 Å². The Balaban J connectivity index is 1.39. The Hall–Kier alpha value is -2.55. The van der Waals surface area contributed by atoms with Crippen molar-refractivity contribution in [3.05, 3.63) is 24.3 Å². The third-order valence-corrected chi connectivity index (χ3v) is 8.03. The fraction of sp³-hybridized carbons (Fsp3) is 0.583. The lowest BCUT2D eigenvalue weighted by molar-refractivity contribution is -0.137. The van der Waals surface area contributed by atoms with Gasteiger partial charge in [-0.15, -0.1) is 10.2 Å². The Morgan fingerprint density at radius 3 is 2.42 bits per heavy atom. The van der Waals surface area contributed by atoms with Crippen LogP contribution in [0.4, 0.5) is 0 Å². The van der Waals surface area contributed by atoms with Crippen LogP contribution in [0, 0.1) is 0 Å². The standard InChI is InChI=1S/C24H32N6O2S/c1-16-8-7-9-17(2)29(16)22(32)14-28-19-12-5-6-13-20(19)30-23(28)26-27-24(30)33-15-21(31)25-18-10-3-4-11-18/h5-6,12-13,16-18H,3-4,7-11,14-15H2,1-2H3,(H,25,31)/t16-,17-/m1/s1. The summed E-state index contributed by atoms with van der Waals surface area (Å²) in [6.45, 7) is 4.51. The van der Waals surface area contributed by atoms with E-state index in [0.717, 1.165) is 36.7 Å². The second kappa shape index (κ2) is 9.37. The van der Waals surface area contributed by atoms with Crippen LogP contribution in [0.25, 0.3) is 16.8 Å². The number of imidazole rings is 1. The number of thioether (sulfide) groups is 1. The van der Waals surface area contributed by atoms with Crippen molar-refractivity contribution in [3.8, 4) is 0 Å². The number of rotatable bonds is 6. The minimum absolute atomic E-state index is 0.0376. The fourth-order valence-electron chi connectivity index (χ4n) is 5.49. The maximum Gasteiger partial charge on any atom is 0.243 e. The van der Waals surface area contributed by atoms with Crippen molar-refractivity contribution >= 4 is 40.4 Å². The summed E-state index contributed by atoms with van der Waals surface area (Å²) in [6.07, 6.45) is 7.79. The number of likely N-dealkylation sites (tertiary alicyclic amines) is 1. The van der Waals surface area contributed by atoms with Crippen LogP contribution in [0.2, 0.25) is 0 Å². The molecule has 9 heteroatoms. The first kappa shape index (κ1) is 22.3. The minimum Gasteiger partial charge on any atom is -0.353 e. The monoisotopic (exact) mass is 468 g/mol. The molecule has 0 radical (unpaired) electrons. The highest BCUT2D eigenvalue weighted by Crippen LogP contribution is 2.28. The molecular weight excluding hydrogens is 436 g/mol. The number of benzene rings is 1. The molecule has 1 aliphatic heterocycles. The van der Waals surface area contributed by atoms with Crippen LogP contribution in [0.1, 0.15) is 58.8 Å². The number of hydrogen-bond acceptors (Lipinski definition) is 5. The molecule has 1 N–H and O–H groups in total. The highest BCUT2D eigenvalue weighted by atomic mass is 32.2. The third-order valence-electron chi connectivity index (χ3n) is 7.10. The van der Waals surface area contributed by atoms with Crippen molar-refractivity contribution in [1.82, 2.24) is 29.4 Å². The highest BCUT2D eigenvalue weighted by molar-refractivity contribution is 7.99. The van der Waals surface area contributed by atoms with Gasteiger partial charge in [-0.05, 0) is 58.1 Å². The average Bonchev–Trinajstić information content (AvgIpc) is 3.51. The molecular formula is C24H32N6O2S. The van der Waals surface area contributed by atoms with E-state index in [4.69, 9.17) is 0 Å². The third kappa shape index (κ3) is 4.35. The van der Waals surface area contributed by atoms with Crippen molar-refractivity contribution < 1.29 is 9.59 Å². The summed E-state index contributed by atoms with van der Waals surface area (Å²) in [5, 5.41) is 12.6. The molecule has 2 amide bonds. The molecule has 5 rings (SSSR count). The predicted molar refractivity (Wildman–Crippen MR) is 129 cm³/mol. The van der Waals surface area contributed by atoms with Crippen LogP contribution in [0.15, 0.2) is 29.4 Å². The number of nitrogens with one attached hydrogen (secondary N) is 1. The number of hydrogen-bond donors (Lipinski definition) is 1. The second-order valence-electron chi connectivity index (χ2n) is 9.46. The largest absolute Gasteiger partial charge is 0.353 e. The van der Waals surface area contributed by atoms with Gasteiger partial charge in [0.05, 0.1) is 16.8 Å². The van der Waals surface area contributed by atoms with Crippen LogP contribution >= 0.6 is 11.8 Å². The molecule has 2 aliphatic rings. The lowest BCUT2D eigenvalue weighted by Gasteiger charge is -2.39. The molecule has 176 valence electrons. The van der Waals surface area contributed by atoms with Gasteiger partial charge in [0.2, 0.25) is 17.6 Å². The van der Waals surface area contributed by atoms with E-state index < -0.39 is 0 Å².